The van der Waals surface area contributed by atoms with E-state index in [0.717, 1.165) is 17.9 Å². The van der Waals surface area contributed by atoms with Crippen LogP contribution in [0.5, 0.6) is 5.75 Å². The summed E-state index contributed by atoms with van der Waals surface area (Å²) in [6.07, 6.45) is 0.793. The van der Waals surface area contributed by atoms with Crippen LogP contribution in [0.4, 0.5) is 5.69 Å². The number of hydrogen-bond acceptors (Lipinski definition) is 3. The topological polar surface area (TPSA) is 45.0 Å². The Kier molecular flexibility index (Phi) is 4.39. The van der Waals surface area contributed by atoms with E-state index in [0.29, 0.717) is 5.92 Å². The summed E-state index contributed by atoms with van der Waals surface area (Å²) in [7, 11) is 1.63. The van der Waals surface area contributed by atoms with Gasteiger partial charge in [0.15, 0.2) is 0 Å². The zero-order chi connectivity index (χ0) is 12.9. The van der Waals surface area contributed by atoms with Gasteiger partial charge >= 0.3 is 0 Å². The Balaban J connectivity index is 2.91. The molecule has 0 aliphatic heterocycles. The van der Waals surface area contributed by atoms with Crippen LogP contribution in [0.2, 0.25) is 0 Å². The summed E-state index contributed by atoms with van der Waals surface area (Å²) in [6, 6.07) is 9.99. The molecule has 0 heterocycles. The molecule has 1 atom stereocenters. The molecule has 1 aromatic carbocycles. The van der Waals surface area contributed by atoms with Crippen molar-refractivity contribution in [1.29, 1.82) is 5.26 Å². The van der Waals surface area contributed by atoms with Crippen molar-refractivity contribution in [3.05, 3.63) is 24.3 Å². The molecule has 1 aromatic rings. The third-order valence-electron chi connectivity index (χ3n) is 2.58. The highest BCUT2D eigenvalue weighted by Crippen LogP contribution is 2.28. The van der Waals surface area contributed by atoms with Crippen molar-refractivity contribution < 1.29 is 4.74 Å². The molecule has 0 amide bonds. The van der Waals surface area contributed by atoms with E-state index >= 15 is 0 Å². The lowest BCUT2D eigenvalue weighted by Crippen LogP contribution is -2.34. The fourth-order valence-electron chi connectivity index (χ4n) is 1.99. The van der Waals surface area contributed by atoms with Gasteiger partial charge in [0.25, 0.3) is 0 Å². The molecule has 0 aliphatic rings. The Bertz CT molecular complexity index is 409. The minimum Gasteiger partial charge on any atom is -0.495 e. The molecular formula is C14H20N2O. The first-order valence-electron chi connectivity index (χ1n) is 5.83. The highest BCUT2D eigenvalue weighted by Gasteiger charge is 2.25. The van der Waals surface area contributed by atoms with Crippen molar-refractivity contribution >= 4 is 5.69 Å². The van der Waals surface area contributed by atoms with E-state index in [1.54, 1.807) is 7.11 Å². The third-order valence-corrected chi connectivity index (χ3v) is 2.58. The van der Waals surface area contributed by atoms with Crippen LogP contribution in [-0.2, 0) is 0 Å². The van der Waals surface area contributed by atoms with E-state index in [4.69, 9.17) is 4.74 Å². The van der Waals surface area contributed by atoms with Crippen molar-refractivity contribution in [2.24, 2.45) is 5.92 Å². The van der Waals surface area contributed by atoms with E-state index in [9.17, 15) is 5.26 Å². The van der Waals surface area contributed by atoms with E-state index in [2.05, 4.69) is 25.2 Å². The third kappa shape index (κ3) is 3.67. The van der Waals surface area contributed by atoms with Gasteiger partial charge in [-0.05, 0) is 31.4 Å². The summed E-state index contributed by atoms with van der Waals surface area (Å²) < 4.78 is 5.27. The number of para-hydroxylation sites is 2. The molecule has 0 radical (unpaired) electrons. The molecule has 0 bridgehead atoms. The van der Waals surface area contributed by atoms with Gasteiger partial charge in [-0.2, -0.15) is 5.26 Å². The molecule has 0 saturated carbocycles. The second-order valence-corrected chi connectivity index (χ2v) is 4.87. The van der Waals surface area contributed by atoms with Gasteiger partial charge in [0.2, 0.25) is 0 Å². The Labute approximate surface area is 103 Å². The molecule has 3 nitrogen and oxygen atoms in total. The molecule has 1 unspecified atom stereocenters. The number of methoxy groups -OCH3 is 1. The maximum atomic E-state index is 9.31. The molecule has 0 aromatic heterocycles. The first-order chi connectivity index (χ1) is 8.00. The minimum atomic E-state index is -0.567. The smallest absolute Gasteiger partial charge is 0.141 e. The van der Waals surface area contributed by atoms with Crippen molar-refractivity contribution in [2.75, 3.05) is 12.4 Å². The van der Waals surface area contributed by atoms with E-state index in [1.165, 1.54) is 0 Å². The molecular weight excluding hydrogens is 212 g/mol. The van der Waals surface area contributed by atoms with Crippen LogP contribution in [-0.4, -0.2) is 12.6 Å². The average molecular weight is 232 g/mol. The van der Waals surface area contributed by atoms with Crippen LogP contribution in [0.15, 0.2) is 24.3 Å². The second kappa shape index (κ2) is 5.58. The largest absolute Gasteiger partial charge is 0.495 e. The number of nitrogens with one attached hydrogen (secondary N) is 1. The highest BCUT2D eigenvalue weighted by atomic mass is 16.5. The SMILES string of the molecule is COc1ccccc1NC(C)(C#N)CC(C)C. The van der Waals surface area contributed by atoms with Crippen molar-refractivity contribution in [1.82, 2.24) is 0 Å². The van der Waals surface area contributed by atoms with Crippen LogP contribution in [0.1, 0.15) is 27.2 Å². The van der Waals surface area contributed by atoms with Crippen LogP contribution in [0, 0.1) is 17.2 Å². The first-order valence-corrected chi connectivity index (χ1v) is 5.83. The van der Waals surface area contributed by atoms with Crippen LogP contribution >= 0.6 is 0 Å². The Hall–Kier alpha value is -1.69. The van der Waals surface area contributed by atoms with Crippen molar-refractivity contribution in [3.8, 4) is 11.8 Å². The molecule has 1 rings (SSSR count). The number of rotatable bonds is 5. The molecule has 3 heteroatoms. The lowest BCUT2D eigenvalue weighted by Gasteiger charge is -2.27. The summed E-state index contributed by atoms with van der Waals surface area (Å²) in [6.45, 7) is 6.14. The number of hydrogen-bond donors (Lipinski definition) is 1. The van der Waals surface area contributed by atoms with Crippen LogP contribution in [0.25, 0.3) is 0 Å². The quantitative estimate of drug-likeness (QED) is 0.845. The lowest BCUT2D eigenvalue weighted by atomic mass is 9.92. The van der Waals surface area contributed by atoms with Gasteiger partial charge < -0.3 is 10.1 Å². The van der Waals surface area contributed by atoms with Crippen molar-refractivity contribution in [3.63, 3.8) is 0 Å². The summed E-state index contributed by atoms with van der Waals surface area (Å²) >= 11 is 0. The van der Waals surface area contributed by atoms with E-state index in [-0.39, 0.29) is 0 Å². The van der Waals surface area contributed by atoms with Gasteiger partial charge in [-0.3, -0.25) is 0 Å². The number of ether oxygens (including phenoxy) is 1. The summed E-state index contributed by atoms with van der Waals surface area (Å²) in [4.78, 5) is 0. The monoisotopic (exact) mass is 232 g/mol. The van der Waals surface area contributed by atoms with E-state index < -0.39 is 5.54 Å². The van der Waals surface area contributed by atoms with Gasteiger partial charge in [0.1, 0.15) is 11.3 Å². The van der Waals surface area contributed by atoms with Gasteiger partial charge in [-0.25, -0.2) is 0 Å². The molecule has 17 heavy (non-hydrogen) atoms. The second-order valence-electron chi connectivity index (χ2n) is 4.87. The number of anilines is 1. The number of nitrogens with zero attached hydrogens (tertiary/aromatic N) is 1. The summed E-state index contributed by atoms with van der Waals surface area (Å²) in [5.74, 6) is 1.22. The van der Waals surface area contributed by atoms with E-state index in [1.807, 2.05) is 31.2 Å². The minimum absolute atomic E-state index is 0.460. The van der Waals surface area contributed by atoms with Gasteiger partial charge in [0.05, 0.1) is 18.9 Å². The Morgan fingerprint density at radius 1 is 1.41 bits per heavy atom. The maximum absolute atomic E-state index is 9.31. The fraction of sp³-hybridized carbons (Fsp3) is 0.500. The predicted octanol–water partition coefficient (Wildman–Crippen LogP) is 3.44. The zero-order valence-corrected chi connectivity index (χ0v) is 10.9. The summed E-state index contributed by atoms with van der Waals surface area (Å²) in [5.41, 5.74) is 0.294. The normalized spacial score (nSPS) is 13.9. The van der Waals surface area contributed by atoms with Crippen molar-refractivity contribution in [2.45, 2.75) is 32.7 Å². The number of benzene rings is 1. The summed E-state index contributed by atoms with van der Waals surface area (Å²) in [5, 5.41) is 12.6. The Morgan fingerprint density at radius 2 is 2.06 bits per heavy atom. The molecule has 0 saturated heterocycles. The average Bonchev–Trinajstić information content (AvgIpc) is 2.28. The predicted molar refractivity (Wildman–Crippen MR) is 70.1 cm³/mol. The molecule has 0 fully saturated rings. The van der Waals surface area contributed by atoms with Crippen LogP contribution in [0.3, 0.4) is 0 Å². The molecule has 1 N–H and O–H groups in total. The molecule has 0 aliphatic carbocycles. The van der Waals surface area contributed by atoms with Gasteiger partial charge in [0, 0.05) is 0 Å². The highest BCUT2D eigenvalue weighted by molar-refractivity contribution is 5.58. The lowest BCUT2D eigenvalue weighted by molar-refractivity contribution is 0.413. The molecule has 0 spiro atoms. The van der Waals surface area contributed by atoms with Gasteiger partial charge in [-0.15, -0.1) is 0 Å². The maximum Gasteiger partial charge on any atom is 0.141 e. The van der Waals surface area contributed by atoms with Gasteiger partial charge in [-0.1, -0.05) is 26.0 Å². The standard InChI is InChI=1S/C14H20N2O/c1-11(2)9-14(3,10-15)16-12-7-5-6-8-13(12)17-4/h5-8,11,16H,9H2,1-4H3. The molecule has 92 valence electrons. The first kappa shape index (κ1) is 13.4. The Morgan fingerprint density at radius 3 is 2.59 bits per heavy atom. The van der Waals surface area contributed by atoms with Crippen LogP contribution < -0.4 is 10.1 Å². The zero-order valence-electron chi connectivity index (χ0n) is 10.9. The fourth-order valence-corrected chi connectivity index (χ4v) is 1.99. The number of nitriles is 1.